The first-order valence-electron chi connectivity index (χ1n) is 6.41. The van der Waals surface area contributed by atoms with Gasteiger partial charge in [-0.05, 0) is 64.6 Å². The van der Waals surface area contributed by atoms with Crippen molar-refractivity contribution >= 4 is 27.3 Å². The minimum absolute atomic E-state index is 0.0347. The average molecular weight is 357 g/mol. The number of thiophene rings is 1. The average Bonchev–Trinajstić information content (AvgIpc) is 2.77. The lowest BCUT2D eigenvalue weighted by molar-refractivity contribution is 0.211. The molecule has 0 radical (unpaired) electrons. The molecule has 0 saturated heterocycles. The fraction of sp³-hybridized carbons (Fsp3) is 0.333. The standard InChI is InChI=1S/C15H18BrFN2S/c1-10(18)15(12-3-5-13(17)6-4-12)19(2)8-11-7-14(16)20-9-11/h3-7,9-10,15H,8,18H2,1-2H3. The Hall–Kier alpha value is -0.750. The lowest BCUT2D eigenvalue weighted by Gasteiger charge is -2.31. The predicted molar refractivity (Wildman–Crippen MR) is 86.3 cm³/mol. The second kappa shape index (κ2) is 6.80. The van der Waals surface area contributed by atoms with Crippen LogP contribution in [0.2, 0.25) is 0 Å². The molecule has 20 heavy (non-hydrogen) atoms. The molecule has 2 N–H and O–H groups in total. The summed E-state index contributed by atoms with van der Waals surface area (Å²) in [5.74, 6) is -0.221. The zero-order valence-corrected chi connectivity index (χ0v) is 13.9. The van der Waals surface area contributed by atoms with Crippen molar-refractivity contribution in [3.05, 3.63) is 56.4 Å². The largest absolute Gasteiger partial charge is 0.326 e. The fourth-order valence-electron chi connectivity index (χ4n) is 2.43. The Kier molecular flexibility index (Phi) is 5.32. The van der Waals surface area contributed by atoms with Gasteiger partial charge >= 0.3 is 0 Å². The van der Waals surface area contributed by atoms with Crippen molar-refractivity contribution in [3.63, 3.8) is 0 Å². The molecule has 2 atom stereocenters. The van der Waals surface area contributed by atoms with Gasteiger partial charge in [0.2, 0.25) is 0 Å². The summed E-state index contributed by atoms with van der Waals surface area (Å²) < 4.78 is 14.2. The number of nitrogens with two attached hydrogens (primary N) is 1. The number of benzene rings is 1. The van der Waals surface area contributed by atoms with Crippen LogP contribution in [0.15, 0.2) is 39.5 Å². The molecule has 1 aromatic heterocycles. The van der Waals surface area contributed by atoms with Crippen LogP contribution in [0.25, 0.3) is 0 Å². The van der Waals surface area contributed by atoms with Crippen molar-refractivity contribution in [1.82, 2.24) is 4.90 Å². The molecule has 2 unspecified atom stereocenters. The van der Waals surface area contributed by atoms with Gasteiger partial charge in [0.1, 0.15) is 5.82 Å². The summed E-state index contributed by atoms with van der Waals surface area (Å²) in [5, 5.41) is 2.13. The molecule has 0 saturated carbocycles. The van der Waals surface area contributed by atoms with Crippen LogP contribution in [0.4, 0.5) is 4.39 Å². The van der Waals surface area contributed by atoms with Gasteiger partial charge in [-0.3, -0.25) is 4.90 Å². The first-order valence-corrected chi connectivity index (χ1v) is 8.09. The Labute approximate surface area is 131 Å². The van der Waals surface area contributed by atoms with Crippen LogP contribution in [-0.2, 0) is 6.54 Å². The van der Waals surface area contributed by atoms with E-state index >= 15 is 0 Å². The molecule has 0 amide bonds. The van der Waals surface area contributed by atoms with E-state index in [1.165, 1.54) is 17.7 Å². The minimum atomic E-state index is -0.221. The van der Waals surface area contributed by atoms with Crippen LogP contribution < -0.4 is 5.73 Å². The smallest absolute Gasteiger partial charge is 0.123 e. The lowest BCUT2D eigenvalue weighted by Crippen LogP contribution is -2.36. The zero-order valence-electron chi connectivity index (χ0n) is 11.5. The summed E-state index contributed by atoms with van der Waals surface area (Å²) in [4.78, 5) is 2.20. The molecule has 1 heterocycles. The Morgan fingerprint density at radius 2 is 2.00 bits per heavy atom. The Morgan fingerprint density at radius 1 is 1.35 bits per heavy atom. The van der Waals surface area contributed by atoms with Gasteiger partial charge in [-0.15, -0.1) is 11.3 Å². The maximum absolute atomic E-state index is 13.1. The van der Waals surface area contributed by atoms with Crippen molar-refractivity contribution in [1.29, 1.82) is 0 Å². The first kappa shape index (κ1) is 15.6. The summed E-state index contributed by atoms with van der Waals surface area (Å²) in [6.07, 6.45) is 0. The third-order valence-corrected chi connectivity index (χ3v) is 4.79. The molecule has 108 valence electrons. The molecule has 0 spiro atoms. The summed E-state index contributed by atoms with van der Waals surface area (Å²) in [6, 6.07) is 8.73. The topological polar surface area (TPSA) is 29.3 Å². The number of rotatable bonds is 5. The number of nitrogens with zero attached hydrogens (tertiary/aromatic N) is 1. The van der Waals surface area contributed by atoms with Gasteiger partial charge < -0.3 is 5.73 Å². The van der Waals surface area contributed by atoms with Crippen molar-refractivity contribution in [2.45, 2.75) is 25.6 Å². The van der Waals surface area contributed by atoms with E-state index in [1.54, 1.807) is 11.3 Å². The van der Waals surface area contributed by atoms with Gasteiger partial charge in [0.05, 0.1) is 3.79 Å². The first-order chi connectivity index (χ1) is 9.47. The van der Waals surface area contributed by atoms with Crippen LogP contribution in [0.3, 0.4) is 0 Å². The number of hydrogen-bond acceptors (Lipinski definition) is 3. The van der Waals surface area contributed by atoms with Crippen molar-refractivity contribution in [3.8, 4) is 0 Å². The highest BCUT2D eigenvalue weighted by atomic mass is 79.9. The molecular formula is C15H18BrFN2S. The predicted octanol–water partition coefficient (Wildman–Crippen LogP) is 4.17. The van der Waals surface area contributed by atoms with Crippen molar-refractivity contribution in [2.24, 2.45) is 5.73 Å². The Bertz CT molecular complexity index is 553. The maximum Gasteiger partial charge on any atom is 0.123 e. The third-order valence-electron chi connectivity index (χ3n) is 3.24. The van der Waals surface area contributed by atoms with E-state index in [9.17, 15) is 4.39 Å². The zero-order chi connectivity index (χ0) is 14.7. The molecular weight excluding hydrogens is 339 g/mol. The van der Waals surface area contributed by atoms with Gasteiger partial charge in [0.15, 0.2) is 0 Å². The Balaban J connectivity index is 2.17. The summed E-state index contributed by atoms with van der Waals surface area (Å²) >= 11 is 5.15. The van der Waals surface area contributed by atoms with E-state index in [-0.39, 0.29) is 17.9 Å². The van der Waals surface area contributed by atoms with Crippen LogP contribution in [-0.4, -0.2) is 18.0 Å². The summed E-state index contributed by atoms with van der Waals surface area (Å²) in [5.41, 5.74) is 8.41. The number of halogens is 2. The molecule has 0 bridgehead atoms. The van der Waals surface area contributed by atoms with Gasteiger partial charge in [-0.25, -0.2) is 4.39 Å². The van der Waals surface area contributed by atoms with Gasteiger partial charge in [-0.1, -0.05) is 12.1 Å². The van der Waals surface area contributed by atoms with Crippen LogP contribution in [0, 0.1) is 5.82 Å². The third kappa shape index (κ3) is 3.88. The highest BCUT2D eigenvalue weighted by Crippen LogP contribution is 2.27. The molecule has 0 fully saturated rings. The normalized spacial score (nSPS) is 14.5. The van der Waals surface area contributed by atoms with E-state index in [0.717, 1.165) is 15.9 Å². The quantitative estimate of drug-likeness (QED) is 0.870. The second-order valence-electron chi connectivity index (χ2n) is 5.03. The second-order valence-corrected chi connectivity index (χ2v) is 7.32. The van der Waals surface area contributed by atoms with E-state index in [1.807, 2.05) is 26.1 Å². The van der Waals surface area contributed by atoms with E-state index < -0.39 is 0 Å². The molecule has 0 aliphatic heterocycles. The van der Waals surface area contributed by atoms with Crippen molar-refractivity contribution in [2.75, 3.05) is 7.05 Å². The summed E-state index contributed by atoms with van der Waals surface area (Å²) in [7, 11) is 2.04. The molecule has 0 aliphatic carbocycles. The fourth-order valence-corrected chi connectivity index (χ4v) is 3.63. The van der Waals surface area contributed by atoms with E-state index in [4.69, 9.17) is 5.73 Å². The molecule has 2 rings (SSSR count). The molecule has 2 aromatic rings. The molecule has 5 heteroatoms. The van der Waals surface area contributed by atoms with Crippen LogP contribution in [0.5, 0.6) is 0 Å². The van der Waals surface area contributed by atoms with Crippen LogP contribution in [0.1, 0.15) is 24.1 Å². The van der Waals surface area contributed by atoms with Gasteiger partial charge in [0.25, 0.3) is 0 Å². The highest BCUT2D eigenvalue weighted by Gasteiger charge is 2.21. The molecule has 0 aliphatic rings. The lowest BCUT2D eigenvalue weighted by atomic mass is 9.99. The van der Waals surface area contributed by atoms with Gasteiger partial charge in [0, 0.05) is 18.6 Å². The monoisotopic (exact) mass is 356 g/mol. The number of likely N-dealkylation sites (N-methyl/N-ethyl adjacent to an activating group) is 1. The number of hydrogen-bond donors (Lipinski definition) is 1. The molecule has 2 nitrogen and oxygen atoms in total. The maximum atomic E-state index is 13.1. The van der Waals surface area contributed by atoms with Gasteiger partial charge in [-0.2, -0.15) is 0 Å². The van der Waals surface area contributed by atoms with Crippen molar-refractivity contribution < 1.29 is 4.39 Å². The van der Waals surface area contributed by atoms with E-state index in [0.29, 0.717) is 0 Å². The Morgan fingerprint density at radius 3 is 2.50 bits per heavy atom. The van der Waals surface area contributed by atoms with E-state index in [2.05, 4.69) is 32.3 Å². The SMILES string of the molecule is CC(N)C(c1ccc(F)cc1)N(C)Cc1csc(Br)c1. The minimum Gasteiger partial charge on any atom is -0.326 e. The highest BCUT2D eigenvalue weighted by molar-refractivity contribution is 9.11. The van der Waals surface area contributed by atoms with Crippen LogP contribution >= 0.6 is 27.3 Å². The summed E-state index contributed by atoms with van der Waals surface area (Å²) in [6.45, 7) is 2.79. The molecule has 1 aromatic carbocycles.